The summed E-state index contributed by atoms with van der Waals surface area (Å²) in [4.78, 5) is 0. The molecule has 0 fully saturated rings. The van der Waals surface area contributed by atoms with Gasteiger partial charge in [-0.05, 0) is 0 Å². The van der Waals surface area contributed by atoms with Crippen LogP contribution in [0.3, 0.4) is 0 Å². The van der Waals surface area contributed by atoms with E-state index in [0.29, 0.717) is 15.0 Å². The first kappa shape index (κ1) is 10.8. The molecule has 2 aromatic carbocycles. The van der Waals surface area contributed by atoms with Crippen LogP contribution in [0.4, 0.5) is 0 Å². The second-order valence-electron chi connectivity index (χ2n) is 3.23. The summed E-state index contributed by atoms with van der Waals surface area (Å²) in [6.45, 7) is 0. The summed E-state index contributed by atoms with van der Waals surface area (Å²) in [7, 11) is 0. The molecule has 0 aromatic heterocycles. The van der Waals surface area contributed by atoms with Gasteiger partial charge >= 0.3 is 102 Å². The fourth-order valence-corrected chi connectivity index (χ4v) is 3.23. The number of halogens is 1. The monoisotopic (exact) mass is 282 g/mol. The zero-order chi connectivity index (χ0) is 10.5. The van der Waals surface area contributed by atoms with Crippen molar-refractivity contribution in [3.05, 3.63) is 65.2 Å². The molecule has 15 heavy (non-hydrogen) atoms. The first-order chi connectivity index (χ1) is 7.34. The molecule has 0 aliphatic carbocycles. The quantitative estimate of drug-likeness (QED) is 0.759. The van der Waals surface area contributed by atoms with Crippen LogP contribution in [0.15, 0.2) is 54.6 Å². The number of benzene rings is 2. The molecule has 0 saturated heterocycles. The van der Waals surface area contributed by atoms with Crippen molar-refractivity contribution in [2.24, 2.45) is 0 Å². The van der Waals surface area contributed by atoms with Crippen molar-refractivity contribution >= 4 is 31.0 Å². The predicted octanol–water partition coefficient (Wildman–Crippen LogP) is 2.87. The molecule has 2 rings (SSSR count). The summed E-state index contributed by atoms with van der Waals surface area (Å²) < 4.78 is 1.44. The van der Waals surface area contributed by atoms with Gasteiger partial charge in [0.1, 0.15) is 0 Å². The van der Waals surface area contributed by atoms with E-state index in [1.807, 2.05) is 12.1 Å². The van der Waals surface area contributed by atoms with Crippen LogP contribution in [0.5, 0.6) is 0 Å². The van der Waals surface area contributed by atoms with E-state index in [4.69, 9.17) is 11.6 Å². The van der Waals surface area contributed by atoms with Crippen LogP contribution >= 0.6 is 11.6 Å². The second-order valence-corrected chi connectivity index (χ2v) is 5.86. The zero-order valence-electron chi connectivity index (χ0n) is 8.19. The molecule has 0 aliphatic rings. The summed E-state index contributed by atoms with van der Waals surface area (Å²) >= 11 is 6.36. The van der Waals surface area contributed by atoms with Crippen LogP contribution in [0.1, 0.15) is 5.56 Å². The van der Waals surface area contributed by atoms with Gasteiger partial charge in [0.05, 0.1) is 0 Å². The van der Waals surface area contributed by atoms with Crippen molar-refractivity contribution in [2.75, 3.05) is 0 Å². The van der Waals surface area contributed by atoms with Crippen molar-refractivity contribution in [2.45, 2.75) is 5.32 Å². The zero-order valence-corrected chi connectivity index (χ0v) is 10.7. The number of hydrogen-bond acceptors (Lipinski definition) is 0. The van der Waals surface area contributed by atoms with Crippen molar-refractivity contribution in [1.29, 1.82) is 0 Å². The normalized spacial score (nSPS) is 10.2. The third kappa shape index (κ3) is 3.39. The molecule has 2 aromatic rings. The van der Waals surface area contributed by atoms with Crippen LogP contribution in [-0.4, -0.2) is 15.0 Å². The topological polar surface area (TPSA) is 0 Å². The van der Waals surface area contributed by atoms with Gasteiger partial charge in [0.15, 0.2) is 0 Å². The minimum atomic E-state index is 0.523. The van der Waals surface area contributed by atoms with Gasteiger partial charge in [-0.25, -0.2) is 0 Å². The first-order valence-electron chi connectivity index (χ1n) is 4.77. The number of hydrogen-bond donors (Lipinski definition) is 0. The maximum atomic E-state index is 5.83. The van der Waals surface area contributed by atoms with Crippen LogP contribution < -0.4 is 4.46 Å². The Hall–Kier alpha value is -0.751. The third-order valence-corrected chi connectivity index (χ3v) is 4.59. The molecular formula is C13H11ClSe. The summed E-state index contributed by atoms with van der Waals surface area (Å²) in [5, 5.41) is 1.94. The predicted molar refractivity (Wildman–Crippen MR) is 67.0 cm³/mol. The molecule has 0 spiro atoms. The Kier molecular flexibility index (Phi) is 3.85. The fraction of sp³-hybridized carbons (Fsp3) is 0.0769. The molecule has 2 heteroatoms. The van der Waals surface area contributed by atoms with E-state index in [1.54, 1.807) is 0 Å². The Morgan fingerprint density at radius 2 is 1.53 bits per heavy atom. The van der Waals surface area contributed by atoms with Crippen molar-refractivity contribution in [3.8, 4) is 0 Å². The van der Waals surface area contributed by atoms with E-state index >= 15 is 0 Å². The molecule has 0 saturated carbocycles. The third-order valence-electron chi connectivity index (χ3n) is 2.06. The minimum absolute atomic E-state index is 0.523. The molecule has 76 valence electrons. The Morgan fingerprint density at radius 3 is 2.20 bits per heavy atom. The van der Waals surface area contributed by atoms with Gasteiger partial charge < -0.3 is 0 Å². The Bertz CT molecular complexity index is 408. The van der Waals surface area contributed by atoms with E-state index < -0.39 is 0 Å². The molecule has 0 heterocycles. The van der Waals surface area contributed by atoms with E-state index in [-0.39, 0.29) is 0 Å². The summed E-state index contributed by atoms with van der Waals surface area (Å²) in [6, 6.07) is 18.8. The van der Waals surface area contributed by atoms with Gasteiger partial charge in [-0.3, -0.25) is 0 Å². The molecule has 0 amide bonds. The number of rotatable bonds is 3. The van der Waals surface area contributed by atoms with Gasteiger partial charge in [-0.1, -0.05) is 0 Å². The average molecular weight is 282 g/mol. The van der Waals surface area contributed by atoms with E-state index in [1.165, 1.54) is 10.0 Å². The fourth-order valence-electron chi connectivity index (χ4n) is 1.26. The molecular weight excluding hydrogens is 271 g/mol. The average Bonchev–Trinajstić information content (AvgIpc) is 2.30. The van der Waals surface area contributed by atoms with Gasteiger partial charge in [0, 0.05) is 0 Å². The summed E-state index contributed by atoms with van der Waals surface area (Å²) in [5.41, 5.74) is 1.36. The van der Waals surface area contributed by atoms with Crippen molar-refractivity contribution < 1.29 is 0 Å². The van der Waals surface area contributed by atoms with E-state index in [9.17, 15) is 0 Å². The Morgan fingerprint density at radius 1 is 0.867 bits per heavy atom. The van der Waals surface area contributed by atoms with E-state index in [2.05, 4.69) is 42.5 Å². The van der Waals surface area contributed by atoms with Gasteiger partial charge in [0.25, 0.3) is 0 Å². The Balaban J connectivity index is 1.96. The van der Waals surface area contributed by atoms with Gasteiger partial charge in [-0.2, -0.15) is 0 Å². The van der Waals surface area contributed by atoms with Crippen LogP contribution in [-0.2, 0) is 5.32 Å². The van der Waals surface area contributed by atoms with Crippen LogP contribution in [0.25, 0.3) is 0 Å². The summed E-state index contributed by atoms with van der Waals surface area (Å²) in [6.07, 6.45) is 0. The molecule has 0 nitrogen and oxygen atoms in total. The van der Waals surface area contributed by atoms with Crippen LogP contribution in [0.2, 0.25) is 5.02 Å². The maximum absolute atomic E-state index is 5.83. The first-order valence-corrected chi connectivity index (χ1v) is 7.21. The SMILES string of the molecule is Clc1ccc(C[Se]c2ccccc2)cc1. The van der Waals surface area contributed by atoms with E-state index in [0.717, 1.165) is 10.3 Å². The van der Waals surface area contributed by atoms with Gasteiger partial charge in [0.2, 0.25) is 0 Å². The second kappa shape index (κ2) is 5.37. The molecule has 0 N–H and O–H groups in total. The van der Waals surface area contributed by atoms with Crippen LogP contribution in [0, 0.1) is 0 Å². The molecule has 0 radical (unpaired) electrons. The summed E-state index contributed by atoms with van der Waals surface area (Å²) in [5.74, 6) is 0. The molecule has 0 unspecified atom stereocenters. The van der Waals surface area contributed by atoms with Gasteiger partial charge in [-0.15, -0.1) is 0 Å². The molecule has 0 aliphatic heterocycles. The standard InChI is InChI=1S/C13H11ClSe/c14-12-8-6-11(7-9-12)10-15-13-4-2-1-3-5-13/h1-9H,10H2. The molecule has 0 atom stereocenters. The van der Waals surface area contributed by atoms with Crippen molar-refractivity contribution in [3.63, 3.8) is 0 Å². The van der Waals surface area contributed by atoms with Crippen molar-refractivity contribution in [1.82, 2.24) is 0 Å². The Labute approximate surface area is 101 Å². The molecule has 0 bridgehead atoms.